The highest BCUT2D eigenvalue weighted by molar-refractivity contribution is 4.84. The van der Waals surface area contributed by atoms with E-state index in [1.165, 1.54) is 38.9 Å². The molecule has 0 radical (unpaired) electrons. The molecular formula is C15H32N2. The first kappa shape index (κ1) is 15.0. The van der Waals surface area contributed by atoms with Crippen LogP contribution < -0.4 is 5.32 Å². The van der Waals surface area contributed by atoms with Crippen LogP contribution in [0.25, 0.3) is 0 Å². The lowest BCUT2D eigenvalue weighted by Crippen LogP contribution is -2.50. The van der Waals surface area contributed by atoms with E-state index in [1.54, 1.807) is 0 Å². The zero-order valence-corrected chi connectivity index (χ0v) is 12.6. The topological polar surface area (TPSA) is 15.3 Å². The van der Waals surface area contributed by atoms with Gasteiger partial charge in [-0.15, -0.1) is 0 Å². The number of hydrogen-bond acceptors (Lipinski definition) is 2. The van der Waals surface area contributed by atoms with Gasteiger partial charge in [0.25, 0.3) is 0 Å². The Labute approximate surface area is 108 Å². The van der Waals surface area contributed by atoms with Crippen LogP contribution >= 0.6 is 0 Å². The van der Waals surface area contributed by atoms with Gasteiger partial charge in [-0.2, -0.15) is 0 Å². The first-order valence-corrected chi connectivity index (χ1v) is 7.43. The second-order valence-corrected chi connectivity index (χ2v) is 6.63. The second kappa shape index (κ2) is 6.75. The highest BCUT2D eigenvalue weighted by Gasteiger charge is 2.27. The summed E-state index contributed by atoms with van der Waals surface area (Å²) in [7, 11) is 0. The third kappa shape index (κ3) is 4.97. The molecule has 1 saturated heterocycles. The standard InChI is InChI=1S/C15H32N2/c1-6-13-8-10-17(11-9-13)12-14(16-7-2)15(3,4)5/h13-14,16H,6-12H2,1-5H3. The lowest BCUT2D eigenvalue weighted by atomic mass is 9.85. The Bertz CT molecular complexity index is 199. The Morgan fingerprint density at radius 2 is 1.76 bits per heavy atom. The van der Waals surface area contributed by atoms with Gasteiger partial charge in [0.05, 0.1) is 0 Å². The van der Waals surface area contributed by atoms with Crippen molar-refractivity contribution in [2.24, 2.45) is 11.3 Å². The van der Waals surface area contributed by atoms with E-state index in [4.69, 9.17) is 0 Å². The van der Waals surface area contributed by atoms with Gasteiger partial charge < -0.3 is 10.2 Å². The largest absolute Gasteiger partial charge is 0.312 e. The van der Waals surface area contributed by atoms with Gasteiger partial charge in [0, 0.05) is 12.6 Å². The van der Waals surface area contributed by atoms with Crippen LogP contribution in [0.4, 0.5) is 0 Å². The Morgan fingerprint density at radius 1 is 1.18 bits per heavy atom. The van der Waals surface area contributed by atoms with E-state index in [-0.39, 0.29) is 0 Å². The van der Waals surface area contributed by atoms with Crippen LogP contribution in [0.1, 0.15) is 53.9 Å². The Hall–Kier alpha value is -0.0800. The third-order valence-corrected chi connectivity index (χ3v) is 4.22. The molecular weight excluding hydrogens is 208 g/mol. The van der Waals surface area contributed by atoms with Crippen molar-refractivity contribution in [2.45, 2.75) is 59.9 Å². The molecule has 1 fully saturated rings. The van der Waals surface area contributed by atoms with Crippen LogP contribution in [-0.2, 0) is 0 Å². The molecule has 2 nitrogen and oxygen atoms in total. The molecule has 1 aliphatic heterocycles. The van der Waals surface area contributed by atoms with E-state index in [1.807, 2.05) is 0 Å². The van der Waals surface area contributed by atoms with Gasteiger partial charge in [0.1, 0.15) is 0 Å². The zero-order valence-electron chi connectivity index (χ0n) is 12.6. The average Bonchev–Trinajstić information content (AvgIpc) is 2.28. The molecule has 0 aromatic rings. The molecule has 1 atom stereocenters. The molecule has 0 aliphatic carbocycles. The fraction of sp³-hybridized carbons (Fsp3) is 1.00. The van der Waals surface area contributed by atoms with Crippen molar-refractivity contribution in [3.8, 4) is 0 Å². The zero-order chi connectivity index (χ0) is 12.9. The van der Waals surface area contributed by atoms with Gasteiger partial charge in [-0.05, 0) is 43.8 Å². The smallest absolute Gasteiger partial charge is 0.0243 e. The fourth-order valence-electron chi connectivity index (χ4n) is 2.73. The number of rotatable bonds is 5. The van der Waals surface area contributed by atoms with Crippen molar-refractivity contribution < 1.29 is 0 Å². The van der Waals surface area contributed by atoms with E-state index in [0.29, 0.717) is 11.5 Å². The Balaban J connectivity index is 2.41. The van der Waals surface area contributed by atoms with E-state index in [9.17, 15) is 0 Å². The number of nitrogens with zero attached hydrogens (tertiary/aromatic N) is 1. The van der Waals surface area contributed by atoms with Gasteiger partial charge >= 0.3 is 0 Å². The van der Waals surface area contributed by atoms with Crippen molar-refractivity contribution in [3.05, 3.63) is 0 Å². The predicted octanol–water partition coefficient (Wildman–Crippen LogP) is 3.13. The van der Waals surface area contributed by atoms with Crippen LogP contribution in [0.2, 0.25) is 0 Å². The molecule has 0 bridgehead atoms. The summed E-state index contributed by atoms with van der Waals surface area (Å²) in [5, 5.41) is 3.65. The first-order chi connectivity index (χ1) is 7.97. The molecule has 0 aromatic heterocycles. The van der Waals surface area contributed by atoms with Crippen molar-refractivity contribution in [2.75, 3.05) is 26.2 Å². The van der Waals surface area contributed by atoms with E-state index in [2.05, 4.69) is 44.8 Å². The van der Waals surface area contributed by atoms with Crippen LogP contribution in [-0.4, -0.2) is 37.1 Å². The van der Waals surface area contributed by atoms with Crippen LogP contribution in [0.15, 0.2) is 0 Å². The minimum absolute atomic E-state index is 0.359. The average molecular weight is 240 g/mol. The molecule has 1 N–H and O–H groups in total. The molecule has 1 aliphatic rings. The number of nitrogens with one attached hydrogen (secondary N) is 1. The Morgan fingerprint density at radius 3 is 2.18 bits per heavy atom. The van der Waals surface area contributed by atoms with Gasteiger partial charge in [0.15, 0.2) is 0 Å². The van der Waals surface area contributed by atoms with Crippen LogP contribution in [0, 0.1) is 11.3 Å². The molecule has 102 valence electrons. The number of hydrogen-bond donors (Lipinski definition) is 1. The quantitative estimate of drug-likeness (QED) is 0.794. The van der Waals surface area contributed by atoms with Gasteiger partial charge in [-0.3, -0.25) is 0 Å². The molecule has 1 heterocycles. The second-order valence-electron chi connectivity index (χ2n) is 6.63. The summed E-state index contributed by atoms with van der Waals surface area (Å²) in [6.45, 7) is 16.5. The van der Waals surface area contributed by atoms with Gasteiger partial charge in [-0.1, -0.05) is 41.0 Å². The Kier molecular flexibility index (Phi) is 5.94. The van der Waals surface area contributed by atoms with E-state index < -0.39 is 0 Å². The highest BCUT2D eigenvalue weighted by Crippen LogP contribution is 2.24. The van der Waals surface area contributed by atoms with Crippen molar-refractivity contribution in [1.82, 2.24) is 10.2 Å². The minimum atomic E-state index is 0.359. The van der Waals surface area contributed by atoms with Crippen LogP contribution in [0.5, 0.6) is 0 Å². The number of piperidine rings is 1. The van der Waals surface area contributed by atoms with E-state index >= 15 is 0 Å². The first-order valence-electron chi connectivity index (χ1n) is 7.43. The fourth-order valence-corrected chi connectivity index (χ4v) is 2.73. The summed E-state index contributed by atoms with van der Waals surface area (Å²) >= 11 is 0. The van der Waals surface area contributed by atoms with Crippen molar-refractivity contribution in [1.29, 1.82) is 0 Å². The molecule has 0 saturated carbocycles. The van der Waals surface area contributed by atoms with Crippen molar-refractivity contribution in [3.63, 3.8) is 0 Å². The van der Waals surface area contributed by atoms with Gasteiger partial charge in [0.2, 0.25) is 0 Å². The normalized spacial score (nSPS) is 21.7. The molecule has 0 amide bonds. The highest BCUT2D eigenvalue weighted by atomic mass is 15.2. The molecule has 17 heavy (non-hydrogen) atoms. The van der Waals surface area contributed by atoms with Crippen LogP contribution in [0.3, 0.4) is 0 Å². The summed E-state index contributed by atoms with van der Waals surface area (Å²) in [5.74, 6) is 0.985. The van der Waals surface area contributed by atoms with Crippen molar-refractivity contribution >= 4 is 0 Å². The molecule has 2 heteroatoms. The molecule has 1 unspecified atom stereocenters. The lowest BCUT2D eigenvalue weighted by molar-refractivity contribution is 0.132. The van der Waals surface area contributed by atoms with E-state index in [0.717, 1.165) is 12.5 Å². The predicted molar refractivity (Wildman–Crippen MR) is 76.4 cm³/mol. The number of likely N-dealkylation sites (tertiary alicyclic amines) is 1. The maximum Gasteiger partial charge on any atom is 0.0243 e. The minimum Gasteiger partial charge on any atom is -0.312 e. The van der Waals surface area contributed by atoms with Gasteiger partial charge in [-0.25, -0.2) is 0 Å². The molecule has 1 rings (SSSR count). The summed E-state index contributed by atoms with van der Waals surface area (Å²) < 4.78 is 0. The summed E-state index contributed by atoms with van der Waals surface area (Å²) in [4.78, 5) is 2.66. The molecule has 0 spiro atoms. The number of likely N-dealkylation sites (N-methyl/N-ethyl adjacent to an activating group) is 1. The summed E-state index contributed by atoms with van der Waals surface area (Å²) in [6, 6.07) is 0.616. The lowest BCUT2D eigenvalue weighted by Gasteiger charge is -2.39. The SMILES string of the molecule is CCNC(CN1CCC(CC)CC1)C(C)(C)C. The maximum absolute atomic E-state index is 3.65. The summed E-state index contributed by atoms with van der Waals surface area (Å²) in [5.41, 5.74) is 0.359. The molecule has 0 aromatic carbocycles. The summed E-state index contributed by atoms with van der Waals surface area (Å²) in [6.07, 6.45) is 4.17. The monoisotopic (exact) mass is 240 g/mol. The maximum atomic E-state index is 3.65. The third-order valence-electron chi connectivity index (χ3n) is 4.22.